The molecule has 0 atom stereocenters. The quantitative estimate of drug-likeness (QED) is 0.900. The summed E-state index contributed by atoms with van der Waals surface area (Å²) in [7, 11) is 6.47. The summed E-state index contributed by atoms with van der Waals surface area (Å²) in [6.07, 6.45) is 3.87. The molecule has 0 aliphatic heterocycles. The van der Waals surface area contributed by atoms with E-state index in [9.17, 15) is 5.11 Å². The predicted octanol–water partition coefficient (Wildman–Crippen LogP) is 3.07. The number of halogens is 1. The Balaban J connectivity index is 2.01. The van der Waals surface area contributed by atoms with Crippen molar-refractivity contribution in [1.82, 2.24) is 9.80 Å². The molecule has 4 heteroatoms. The number of rotatable bonds is 5. The van der Waals surface area contributed by atoms with Gasteiger partial charge in [-0.2, -0.15) is 0 Å². The van der Waals surface area contributed by atoms with E-state index >= 15 is 0 Å². The molecule has 1 N–H and O–H groups in total. The standard InChI is InChI=1S/C15H23BrN2O/c1-17(2)15(8-5-9-15)11-18(3)10-12-6-4-7-13(16)14(12)19/h4,6-7,19H,5,8-11H2,1-3H3. The second-order valence-electron chi connectivity index (χ2n) is 5.89. The van der Waals surface area contributed by atoms with Crippen LogP contribution in [-0.2, 0) is 6.54 Å². The highest BCUT2D eigenvalue weighted by Crippen LogP contribution is 2.37. The number of likely N-dealkylation sites (N-methyl/N-ethyl adjacent to an activating group) is 2. The number of phenols is 1. The molecular formula is C15H23BrN2O. The number of aromatic hydroxyl groups is 1. The van der Waals surface area contributed by atoms with Gasteiger partial charge in [0.2, 0.25) is 0 Å². The minimum Gasteiger partial charge on any atom is -0.506 e. The van der Waals surface area contributed by atoms with Crippen molar-refractivity contribution in [2.24, 2.45) is 0 Å². The van der Waals surface area contributed by atoms with Crippen LogP contribution in [0, 0.1) is 0 Å². The maximum Gasteiger partial charge on any atom is 0.134 e. The molecule has 1 saturated carbocycles. The molecular weight excluding hydrogens is 304 g/mol. The molecule has 0 heterocycles. The van der Waals surface area contributed by atoms with E-state index in [1.807, 2.05) is 18.2 Å². The van der Waals surface area contributed by atoms with E-state index in [0.717, 1.165) is 23.1 Å². The Kier molecular flexibility index (Phi) is 4.54. The van der Waals surface area contributed by atoms with E-state index in [1.54, 1.807) is 0 Å². The summed E-state index contributed by atoms with van der Waals surface area (Å²) in [5, 5.41) is 10.0. The van der Waals surface area contributed by atoms with Crippen LogP contribution >= 0.6 is 15.9 Å². The maximum absolute atomic E-state index is 10.0. The van der Waals surface area contributed by atoms with E-state index in [1.165, 1.54) is 19.3 Å². The fraction of sp³-hybridized carbons (Fsp3) is 0.600. The first-order valence-corrected chi connectivity index (χ1v) is 7.56. The van der Waals surface area contributed by atoms with Gasteiger partial charge in [0.25, 0.3) is 0 Å². The van der Waals surface area contributed by atoms with Gasteiger partial charge in [-0.25, -0.2) is 0 Å². The lowest BCUT2D eigenvalue weighted by molar-refractivity contribution is 0.0257. The van der Waals surface area contributed by atoms with Crippen LogP contribution in [-0.4, -0.2) is 48.1 Å². The van der Waals surface area contributed by atoms with Gasteiger partial charge >= 0.3 is 0 Å². The van der Waals surface area contributed by atoms with Crippen molar-refractivity contribution in [3.8, 4) is 5.75 Å². The molecule has 0 aromatic heterocycles. The largest absolute Gasteiger partial charge is 0.506 e. The molecule has 0 amide bonds. The highest BCUT2D eigenvalue weighted by Gasteiger charge is 2.39. The first-order chi connectivity index (χ1) is 8.94. The van der Waals surface area contributed by atoms with Crippen LogP contribution in [0.3, 0.4) is 0 Å². The number of hydrogen-bond acceptors (Lipinski definition) is 3. The molecule has 1 fully saturated rings. The van der Waals surface area contributed by atoms with Gasteiger partial charge in [0, 0.05) is 24.2 Å². The van der Waals surface area contributed by atoms with E-state index < -0.39 is 0 Å². The zero-order valence-electron chi connectivity index (χ0n) is 12.0. The summed E-state index contributed by atoms with van der Waals surface area (Å²) in [5.41, 5.74) is 1.31. The molecule has 106 valence electrons. The van der Waals surface area contributed by atoms with Crippen molar-refractivity contribution in [2.75, 3.05) is 27.7 Å². The number of benzene rings is 1. The monoisotopic (exact) mass is 326 g/mol. The van der Waals surface area contributed by atoms with Crippen LogP contribution in [0.4, 0.5) is 0 Å². The van der Waals surface area contributed by atoms with Gasteiger partial charge in [0.15, 0.2) is 0 Å². The fourth-order valence-electron chi connectivity index (χ4n) is 2.87. The van der Waals surface area contributed by atoms with Gasteiger partial charge < -0.3 is 14.9 Å². The smallest absolute Gasteiger partial charge is 0.134 e. The van der Waals surface area contributed by atoms with Gasteiger partial charge in [-0.1, -0.05) is 12.1 Å². The summed E-state index contributed by atoms with van der Waals surface area (Å²) in [6, 6.07) is 5.82. The van der Waals surface area contributed by atoms with E-state index in [2.05, 4.69) is 46.9 Å². The third-order valence-electron chi connectivity index (χ3n) is 4.31. The topological polar surface area (TPSA) is 26.7 Å². The van der Waals surface area contributed by atoms with Gasteiger partial charge in [-0.15, -0.1) is 0 Å². The van der Waals surface area contributed by atoms with E-state index in [0.29, 0.717) is 11.3 Å². The molecule has 1 aliphatic carbocycles. The highest BCUT2D eigenvalue weighted by molar-refractivity contribution is 9.10. The van der Waals surface area contributed by atoms with Crippen molar-refractivity contribution in [2.45, 2.75) is 31.3 Å². The Labute approximate surface area is 124 Å². The summed E-state index contributed by atoms with van der Waals surface area (Å²) >= 11 is 3.37. The molecule has 1 aromatic rings. The van der Waals surface area contributed by atoms with E-state index in [4.69, 9.17) is 0 Å². The van der Waals surface area contributed by atoms with Gasteiger partial charge in [0.05, 0.1) is 4.47 Å². The van der Waals surface area contributed by atoms with Crippen LogP contribution in [0.2, 0.25) is 0 Å². The molecule has 2 rings (SSSR count). The number of nitrogens with zero attached hydrogens (tertiary/aromatic N) is 2. The summed E-state index contributed by atoms with van der Waals surface area (Å²) < 4.78 is 0.768. The van der Waals surface area contributed by atoms with E-state index in [-0.39, 0.29) is 0 Å². The molecule has 0 bridgehead atoms. The summed E-state index contributed by atoms with van der Waals surface area (Å²) in [6.45, 7) is 1.83. The van der Waals surface area contributed by atoms with Crippen LogP contribution in [0.25, 0.3) is 0 Å². The fourth-order valence-corrected chi connectivity index (χ4v) is 3.28. The van der Waals surface area contributed by atoms with Crippen LogP contribution in [0.5, 0.6) is 5.75 Å². The third-order valence-corrected chi connectivity index (χ3v) is 4.95. The predicted molar refractivity (Wildman–Crippen MR) is 82.4 cm³/mol. The maximum atomic E-state index is 10.0. The molecule has 0 unspecified atom stereocenters. The van der Waals surface area contributed by atoms with Crippen molar-refractivity contribution < 1.29 is 5.11 Å². The first-order valence-electron chi connectivity index (χ1n) is 6.77. The van der Waals surface area contributed by atoms with Gasteiger partial charge in [-0.05, 0) is 62.4 Å². The lowest BCUT2D eigenvalue weighted by Gasteiger charge is -2.49. The summed E-state index contributed by atoms with van der Waals surface area (Å²) in [4.78, 5) is 4.66. The third kappa shape index (κ3) is 3.12. The average Bonchev–Trinajstić information content (AvgIpc) is 2.29. The molecule has 19 heavy (non-hydrogen) atoms. The van der Waals surface area contributed by atoms with Crippen molar-refractivity contribution in [3.05, 3.63) is 28.2 Å². The van der Waals surface area contributed by atoms with Crippen molar-refractivity contribution >= 4 is 15.9 Å². The van der Waals surface area contributed by atoms with Crippen LogP contribution < -0.4 is 0 Å². The van der Waals surface area contributed by atoms with Crippen LogP contribution in [0.1, 0.15) is 24.8 Å². The molecule has 1 aromatic carbocycles. The molecule has 1 aliphatic rings. The number of para-hydroxylation sites is 1. The average molecular weight is 327 g/mol. The highest BCUT2D eigenvalue weighted by atomic mass is 79.9. The Bertz CT molecular complexity index is 444. The Morgan fingerprint density at radius 3 is 2.47 bits per heavy atom. The Hall–Kier alpha value is -0.580. The lowest BCUT2D eigenvalue weighted by Crippen LogP contribution is -2.56. The normalized spacial score (nSPS) is 17.8. The molecule has 3 nitrogen and oxygen atoms in total. The van der Waals surface area contributed by atoms with Gasteiger partial charge in [0.1, 0.15) is 5.75 Å². The van der Waals surface area contributed by atoms with Crippen LogP contribution in [0.15, 0.2) is 22.7 Å². The molecule has 0 spiro atoms. The number of hydrogen-bond donors (Lipinski definition) is 1. The zero-order chi connectivity index (χ0) is 14.0. The zero-order valence-corrected chi connectivity index (χ0v) is 13.6. The SMILES string of the molecule is CN(Cc1cccc(Br)c1O)CC1(N(C)C)CCC1. The molecule has 0 radical (unpaired) electrons. The second kappa shape index (κ2) is 5.81. The lowest BCUT2D eigenvalue weighted by atomic mass is 9.75. The minimum atomic E-state index is 0.330. The molecule has 0 saturated heterocycles. The first kappa shape index (κ1) is 14.8. The second-order valence-corrected chi connectivity index (χ2v) is 6.75. The Morgan fingerprint density at radius 2 is 1.95 bits per heavy atom. The Morgan fingerprint density at radius 1 is 1.26 bits per heavy atom. The van der Waals surface area contributed by atoms with Crippen molar-refractivity contribution in [1.29, 1.82) is 0 Å². The van der Waals surface area contributed by atoms with Crippen molar-refractivity contribution in [3.63, 3.8) is 0 Å². The van der Waals surface area contributed by atoms with Gasteiger partial charge in [-0.3, -0.25) is 0 Å². The summed E-state index contributed by atoms with van der Waals surface area (Å²) in [5.74, 6) is 0.363. The minimum absolute atomic E-state index is 0.330. The number of phenolic OH excluding ortho intramolecular Hbond substituents is 1.